The highest BCUT2D eigenvalue weighted by molar-refractivity contribution is 7.89. The number of methoxy groups -OCH3 is 1. The second-order valence-corrected chi connectivity index (χ2v) is 6.48. The maximum atomic E-state index is 13.7. The first-order chi connectivity index (χ1) is 11.0. The topological polar surface area (TPSA) is 85.2 Å². The summed E-state index contributed by atoms with van der Waals surface area (Å²) < 4.78 is 46.5. The molecule has 0 aliphatic heterocycles. The van der Waals surface area contributed by atoms with Crippen molar-refractivity contribution in [3.63, 3.8) is 0 Å². The fraction of sp³-hybridized carbons (Fsp3) is 0.357. The number of ether oxygens (including phenoxy) is 1. The minimum Gasteiger partial charge on any atom is -0.383 e. The Balaban J connectivity index is 0.00000288. The zero-order chi connectivity index (χ0) is 16.7. The van der Waals surface area contributed by atoms with Gasteiger partial charge in [0.1, 0.15) is 16.4 Å². The normalized spacial score (nSPS) is 11.2. The number of para-hydroxylation sites is 1. The molecule has 2 rings (SSSR count). The Kier molecular flexibility index (Phi) is 8.29. The lowest BCUT2D eigenvalue weighted by atomic mass is 10.3. The molecule has 10 heteroatoms. The fourth-order valence-corrected chi connectivity index (χ4v) is 2.83. The Morgan fingerprint density at radius 1 is 1.25 bits per heavy atom. The van der Waals surface area contributed by atoms with E-state index in [0.717, 1.165) is 0 Å². The van der Waals surface area contributed by atoms with E-state index in [1.54, 1.807) is 19.2 Å². The lowest BCUT2D eigenvalue weighted by Gasteiger charge is -2.06. The van der Waals surface area contributed by atoms with E-state index in [1.807, 2.05) is 0 Å². The number of hydrogen-bond acceptors (Lipinski definition) is 5. The molecule has 0 radical (unpaired) electrons. The van der Waals surface area contributed by atoms with Gasteiger partial charge in [0.2, 0.25) is 10.0 Å². The van der Waals surface area contributed by atoms with Gasteiger partial charge in [0.25, 0.3) is 0 Å². The Bertz CT molecular complexity index is 739. The van der Waals surface area contributed by atoms with Crippen LogP contribution in [0.15, 0.2) is 41.6 Å². The van der Waals surface area contributed by atoms with Gasteiger partial charge < -0.3 is 10.1 Å². The minimum absolute atomic E-state index is 0. The SMILES string of the molecule is COCCNCCNS(=O)(=O)c1cnn(-c2ccccc2F)c1.Cl. The second kappa shape index (κ2) is 9.70. The van der Waals surface area contributed by atoms with Crippen LogP contribution in [0.1, 0.15) is 0 Å². The van der Waals surface area contributed by atoms with E-state index in [9.17, 15) is 12.8 Å². The molecule has 24 heavy (non-hydrogen) atoms. The lowest BCUT2D eigenvalue weighted by molar-refractivity contribution is 0.199. The van der Waals surface area contributed by atoms with Crippen LogP contribution in [-0.2, 0) is 14.8 Å². The smallest absolute Gasteiger partial charge is 0.243 e. The maximum Gasteiger partial charge on any atom is 0.243 e. The summed E-state index contributed by atoms with van der Waals surface area (Å²) in [5.41, 5.74) is 0.190. The van der Waals surface area contributed by atoms with Gasteiger partial charge in [0.05, 0.1) is 19.0 Å². The molecule has 0 saturated carbocycles. The van der Waals surface area contributed by atoms with Crippen molar-refractivity contribution in [3.05, 3.63) is 42.5 Å². The van der Waals surface area contributed by atoms with Crippen LogP contribution in [0, 0.1) is 5.82 Å². The van der Waals surface area contributed by atoms with Crippen LogP contribution in [0.3, 0.4) is 0 Å². The Morgan fingerprint density at radius 3 is 2.71 bits per heavy atom. The molecule has 0 unspecified atom stereocenters. The lowest BCUT2D eigenvalue weighted by Crippen LogP contribution is -2.33. The van der Waals surface area contributed by atoms with Crippen LogP contribution in [0.25, 0.3) is 5.69 Å². The van der Waals surface area contributed by atoms with Crippen LogP contribution in [0.2, 0.25) is 0 Å². The Morgan fingerprint density at radius 2 is 2.00 bits per heavy atom. The number of aromatic nitrogens is 2. The molecule has 0 atom stereocenters. The molecule has 134 valence electrons. The van der Waals surface area contributed by atoms with Gasteiger partial charge in [0, 0.05) is 26.7 Å². The molecule has 2 N–H and O–H groups in total. The summed E-state index contributed by atoms with van der Waals surface area (Å²) in [7, 11) is -2.09. The van der Waals surface area contributed by atoms with Crippen LogP contribution >= 0.6 is 12.4 Å². The number of rotatable bonds is 9. The van der Waals surface area contributed by atoms with E-state index in [2.05, 4.69) is 15.1 Å². The molecule has 0 bridgehead atoms. The number of nitrogens with one attached hydrogen (secondary N) is 2. The molecule has 7 nitrogen and oxygen atoms in total. The highest BCUT2D eigenvalue weighted by Crippen LogP contribution is 2.14. The molecule has 2 aromatic rings. The highest BCUT2D eigenvalue weighted by Gasteiger charge is 2.17. The quantitative estimate of drug-likeness (QED) is 0.634. The first-order valence-corrected chi connectivity index (χ1v) is 8.52. The predicted molar refractivity (Wildman–Crippen MR) is 90.7 cm³/mol. The van der Waals surface area contributed by atoms with Crippen molar-refractivity contribution in [2.75, 3.05) is 33.4 Å². The van der Waals surface area contributed by atoms with Crippen LogP contribution < -0.4 is 10.0 Å². The summed E-state index contributed by atoms with van der Waals surface area (Å²) in [6.07, 6.45) is 2.46. The molecule has 1 aromatic heterocycles. The summed E-state index contributed by atoms with van der Waals surface area (Å²) >= 11 is 0. The van der Waals surface area contributed by atoms with Crippen molar-refractivity contribution in [2.24, 2.45) is 0 Å². The van der Waals surface area contributed by atoms with E-state index < -0.39 is 15.8 Å². The van der Waals surface area contributed by atoms with Crippen LogP contribution in [0.4, 0.5) is 4.39 Å². The summed E-state index contributed by atoms with van der Waals surface area (Å²) in [6, 6.07) is 6.01. The van der Waals surface area contributed by atoms with Crippen molar-refractivity contribution in [1.82, 2.24) is 19.8 Å². The van der Waals surface area contributed by atoms with Gasteiger partial charge in [-0.1, -0.05) is 12.1 Å². The van der Waals surface area contributed by atoms with Crippen molar-refractivity contribution in [1.29, 1.82) is 0 Å². The number of sulfonamides is 1. The number of hydrogen-bond donors (Lipinski definition) is 2. The van der Waals surface area contributed by atoms with Gasteiger partial charge >= 0.3 is 0 Å². The predicted octanol–water partition coefficient (Wildman–Crippen LogP) is 0.948. The molecular formula is C14H20ClFN4O3S. The van der Waals surface area contributed by atoms with Crippen molar-refractivity contribution >= 4 is 22.4 Å². The summed E-state index contributed by atoms with van der Waals surface area (Å²) in [5, 5.41) is 6.93. The molecular weight excluding hydrogens is 359 g/mol. The van der Waals surface area contributed by atoms with Gasteiger partial charge in [-0.05, 0) is 12.1 Å². The number of halogens is 2. The first-order valence-electron chi connectivity index (χ1n) is 7.03. The minimum atomic E-state index is -3.68. The average molecular weight is 379 g/mol. The van der Waals surface area contributed by atoms with Crippen molar-refractivity contribution in [2.45, 2.75) is 4.90 Å². The number of nitrogens with zero attached hydrogens (tertiary/aromatic N) is 2. The largest absolute Gasteiger partial charge is 0.383 e. The van der Waals surface area contributed by atoms with E-state index in [0.29, 0.717) is 19.7 Å². The Labute approximate surface area is 146 Å². The monoisotopic (exact) mass is 378 g/mol. The molecule has 0 amide bonds. The summed E-state index contributed by atoms with van der Waals surface area (Å²) in [5.74, 6) is -0.477. The zero-order valence-electron chi connectivity index (χ0n) is 13.1. The maximum absolute atomic E-state index is 13.7. The van der Waals surface area contributed by atoms with Gasteiger partial charge in [-0.15, -0.1) is 12.4 Å². The fourth-order valence-electron chi connectivity index (χ4n) is 1.87. The van der Waals surface area contributed by atoms with E-state index in [4.69, 9.17) is 4.74 Å². The van der Waals surface area contributed by atoms with Gasteiger partial charge in [-0.2, -0.15) is 5.10 Å². The van der Waals surface area contributed by atoms with Crippen molar-refractivity contribution in [3.8, 4) is 5.69 Å². The standard InChI is InChI=1S/C14H19FN4O3S.ClH/c1-22-9-8-16-6-7-18-23(20,21)12-10-17-19(11-12)14-5-3-2-4-13(14)15;/h2-5,10-11,16,18H,6-9H2,1H3;1H. The average Bonchev–Trinajstić information content (AvgIpc) is 3.02. The molecule has 1 heterocycles. The molecule has 0 aliphatic carbocycles. The third kappa shape index (κ3) is 5.53. The van der Waals surface area contributed by atoms with Crippen molar-refractivity contribution < 1.29 is 17.5 Å². The van der Waals surface area contributed by atoms with Crippen LogP contribution in [-0.4, -0.2) is 51.5 Å². The zero-order valence-corrected chi connectivity index (χ0v) is 14.7. The third-order valence-corrected chi connectivity index (χ3v) is 4.46. The third-order valence-electron chi connectivity index (χ3n) is 3.05. The van der Waals surface area contributed by atoms with Crippen LogP contribution in [0.5, 0.6) is 0 Å². The van der Waals surface area contributed by atoms with Gasteiger partial charge in [-0.25, -0.2) is 22.2 Å². The molecule has 0 saturated heterocycles. The van der Waals surface area contributed by atoms with Gasteiger partial charge in [-0.3, -0.25) is 0 Å². The number of benzene rings is 1. The first kappa shape index (κ1) is 20.5. The second-order valence-electron chi connectivity index (χ2n) is 4.71. The summed E-state index contributed by atoms with van der Waals surface area (Å²) in [6.45, 7) is 1.91. The van der Waals surface area contributed by atoms with Gasteiger partial charge in [0.15, 0.2) is 0 Å². The molecule has 0 fully saturated rings. The highest BCUT2D eigenvalue weighted by atomic mass is 35.5. The van der Waals surface area contributed by atoms with E-state index in [-0.39, 0.29) is 29.5 Å². The molecule has 0 aliphatic rings. The molecule has 1 aromatic carbocycles. The molecule has 0 spiro atoms. The van der Waals surface area contributed by atoms with E-state index in [1.165, 1.54) is 29.2 Å². The van der Waals surface area contributed by atoms with E-state index >= 15 is 0 Å². The summed E-state index contributed by atoms with van der Waals surface area (Å²) in [4.78, 5) is -0.0161. The Hall–Kier alpha value is -1.52.